The Labute approximate surface area is 72.8 Å². The quantitative estimate of drug-likeness (QED) is 0.436. The van der Waals surface area contributed by atoms with Gasteiger partial charge in [0.05, 0.1) is 5.60 Å². The summed E-state index contributed by atoms with van der Waals surface area (Å²) < 4.78 is 5.22. The Kier molecular flexibility index (Phi) is 4.64. The van der Waals surface area contributed by atoms with Gasteiger partial charge in [-0.05, 0) is 34.0 Å². The van der Waals surface area contributed by atoms with Gasteiger partial charge in [-0.2, -0.15) is 0 Å². The zero-order chi connectivity index (χ0) is 8.91. The third-order valence-electron chi connectivity index (χ3n) is 1.52. The van der Waals surface area contributed by atoms with E-state index < -0.39 is 0 Å². The summed E-state index contributed by atoms with van der Waals surface area (Å²) in [5.74, 6) is 0. The standard InChI is InChI=1S/C5H10OSi.C3H9N/c1-2-5(6-7)3-4-5;1-4(2)3/h2H,1,3-4H2,7H3;1-3H3. The highest BCUT2D eigenvalue weighted by Crippen LogP contribution is 2.39. The van der Waals surface area contributed by atoms with Crippen LogP contribution < -0.4 is 0 Å². The van der Waals surface area contributed by atoms with E-state index >= 15 is 0 Å². The molecule has 0 aliphatic heterocycles. The molecule has 0 bridgehead atoms. The van der Waals surface area contributed by atoms with Crippen LogP contribution in [-0.2, 0) is 4.43 Å². The van der Waals surface area contributed by atoms with Gasteiger partial charge >= 0.3 is 0 Å². The molecule has 1 aliphatic carbocycles. The molecule has 1 saturated carbocycles. The summed E-state index contributed by atoms with van der Waals surface area (Å²) in [5.41, 5.74) is 0.159. The predicted octanol–water partition coefficient (Wildman–Crippen LogP) is 0.180. The highest BCUT2D eigenvalue weighted by Gasteiger charge is 2.38. The average molecular weight is 173 g/mol. The van der Waals surface area contributed by atoms with Gasteiger partial charge < -0.3 is 9.33 Å². The Morgan fingerprint density at radius 3 is 1.82 bits per heavy atom. The van der Waals surface area contributed by atoms with Gasteiger partial charge in [0, 0.05) is 0 Å². The fraction of sp³-hybridized carbons (Fsp3) is 0.750. The third-order valence-corrected chi connectivity index (χ3v) is 2.33. The van der Waals surface area contributed by atoms with Gasteiger partial charge in [0.25, 0.3) is 0 Å². The van der Waals surface area contributed by atoms with Gasteiger partial charge in [0.15, 0.2) is 0 Å². The summed E-state index contributed by atoms with van der Waals surface area (Å²) >= 11 is 0. The van der Waals surface area contributed by atoms with Crippen molar-refractivity contribution < 1.29 is 4.43 Å². The summed E-state index contributed by atoms with van der Waals surface area (Å²) in [6.45, 7) is 3.66. The first-order valence-electron chi connectivity index (χ1n) is 3.86. The second kappa shape index (κ2) is 4.69. The Hall–Kier alpha value is -0.123. The van der Waals surface area contributed by atoms with E-state index in [4.69, 9.17) is 4.43 Å². The van der Waals surface area contributed by atoms with Gasteiger partial charge in [-0.3, -0.25) is 0 Å². The Balaban J connectivity index is 0.000000218. The van der Waals surface area contributed by atoms with E-state index in [-0.39, 0.29) is 5.60 Å². The molecule has 0 saturated heterocycles. The van der Waals surface area contributed by atoms with E-state index in [0.29, 0.717) is 0 Å². The highest BCUT2D eigenvalue weighted by atomic mass is 28.2. The van der Waals surface area contributed by atoms with E-state index in [9.17, 15) is 0 Å². The van der Waals surface area contributed by atoms with E-state index in [1.807, 2.05) is 32.1 Å². The molecule has 0 radical (unpaired) electrons. The number of nitrogens with zero attached hydrogens (tertiary/aromatic N) is 1. The van der Waals surface area contributed by atoms with Gasteiger partial charge in [0.1, 0.15) is 10.5 Å². The van der Waals surface area contributed by atoms with Crippen molar-refractivity contribution in [3.05, 3.63) is 12.7 Å². The monoisotopic (exact) mass is 173 g/mol. The van der Waals surface area contributed by atoms with Crippen LogP contribution in [-0.4, -0.2) is 42.1 Å². The maximum absolute atomic E-state index is 5.22. The number of hydrogen-bond acceptors (Lipinski definition) is 2. The predicted molar refractivity (Wildman–Crippen MR) is 52.8 cm³/mol. The van der Waals surface area contributed by atoms with Crippen LogP contribution in [0.1, 0.15) is 12.8 Å². The molecule has 0 aromatic carbocycles. The van der Waals surface area contributed by atoms with Crippen LogP contribution in [0.4, 0.5) is 0 Å². The lowest BCUT2D eigenvalue weighted by Crippen LogP contribution is -2.05. The minimum absolute atomic E-state index is 0.159. The molecule has 1 fully saturated rings. The van der Waals surface area contributed by atoms with Crippen molar-refractivity contribution >= 4 is 10.5 Å². The fourth-order valence-electron chi connectivity index (χ4n) is 0.615. The molecule has 0 atom stereocenters. The lowest BCUT2D eigenvalue weighted by atomic mass is 10.3. The minimum atomic E-state index is 0.159. The lowest BCUT2D eigenvalue weighted by Gasteiger charge is -2.03. The summed E-state index contributed by atoms with van der Waals surface area (Å²) in [5, 5.41) is 0. The molecule has 0 heterocycles. The van der Waals surface area contributed by atoms with E-state index in [2.05, 4.69) is 6.58 Å². The highest BCUT2D eigenvalue weighted by molar-refractivity contribution is 5.98. The molecular weight excluding hydrogens is 154 g/mol. The minimum Gasteiger partial charge on any atom is -0.419 e. The first-order valence-corrected chi connectivity index (χ1v) is 4.67. The molecule has 0 aromatic rings. The van der Waals surface area contributed by atoms with Crippen LogP contribution in [0.2, 0.25) is 0 Å². The smallest absolute Gasteiger partial charge is 0.147 e. The molecule has 2 nitrogen and oxygen atoms in total. The van der Waals surface area contributed by atoms with Gasteiger partial charge in [-0.1, -0.05) is 6.08 Å². The molecule has 0 amide bonds. The normalized spacial score (nSPS) is 18.9. The van der Waals surface area contributed by atoms with E-state index in [1.165, 1.54) is 12.8 Å². The average Bonchev–Trinajstić information content (AvgIpc) is 2.66. The van der Waals surface area contributed by atoms with Crippen molar-refractivity contribution in [2.24, 2.45) is 0 Å². The van der Waals surface area contributed by atoms with Crippen LogP contribution in [0.3, 0.4) is 0 Å². The Morgan fingerprint density at radius 1 is 1.45 bits per heavy atom. The third kappa shape index (κ3) is 5.18. The SMILES string of the molecule is C=CC1(O[SiH3])CC1.CN(C)C. The second-order valence-electron chi connectivity index (χ2n) is 3.31. The molecule has 3 heteroatoms. The Morgan fingerprint density at radius 2 is 1.82 bits per heavy atom. The lowest BCUT2D eigenvalue weighted by molar-refractivity contribution is 0.255. The summed E-state index contributed by atoms with van der Waals surface area (Å²) in [7, 11) is 6.85. The molecule has 1 rings (SSSR count). The zero-order valence-corrected chi connectivity index (χ0v) is 10.1. The molecule has 1 aliphatic rings. The maximum atomic E-state index is 5.22. The first-order chi connectivity index (χ1) is 5.06. The van der Waals surface area contributed by atoms with Crippen LogP contribution in [0.5, 0.6) is 0 Å². The summed E-state index contributed by atoms with van der Waals surface area (Å²) in [4.78, 5) is 2.00. The van der Waals surface area contributed by atoms with Crippen molar-refractivity contribution in [1.82, 2.24) is 4.90 Å². The van der Waals surface area contributed by atoms with Gasteiger partial charge in [-0.15, -0.1) is 6.58 Å². The molecule has 0 aromatic heterocycles. The van der Waals surface area contributed by atoms with Crippen LogP contribution >= 0.6 is 0 Å². The van der Waals surface area contributed by atoms with Crippen molar-refractivity contribution in [2.75, 3.05) is 21.1 Å². The maximum Gasteiger partial charge on any atom is 0.147 e. The molecule has 66 valence electrons. The van der Waals surface area contributed by atoms with Crippen molar-refractivity contribution in [3.63, 3.8) is 0 Å². The zero-order valence-electron chi connectivity index (χ0n) is 8.05. The molecule has 11 heavy (non-hydrogen) atoms. The largest absolute Gasteiger partial charge is 0.419 e. The van der Waals surface area contributed by atoms with Gasteiger partial charge in [-0.25, -0.2) is 0 Å². The topological polar surface area (TPSA) is 12.5 Å². The van der Waals surface area contributed by atoms with E-state index in [1.54, 1.807) is 0 Å². The van der Waals surface area contributed by atoms with Crippen molar-refractivity contribution in [2.45, 2.75) is 18.4 Å². The fourth-order valence-corrected chi connectivity index (χ4v) is 1.19. The van der Waals surface area contributed by atoms with Crippen molar-refractivity contribution in [1.29, 1.82) is 0 Å². The second-order valence-corrected chi connectivity index (χ2v) is 3.72. The number of rotatable bonds is 2. The number of hydrogen-bond donors (Lipinski definition) is 0. The van der Waals surface area contributed by atoms with Crippen LogP contribution in [0, 0.1) is 0 Å². The van der Waals surface area contributed by atoms with Crippen LogP contribution in [0.25, 0.3) is 0 Å². The van der Waals surface area contributed by atoms with Gasteiger partial charge in [0.2, 0.25) is 0 Å². The van der Waals surface area contributed by atoms with Crippen LogP contribution in [0.15, 0.2) is 12.7 Å². The molecule has 0 N–H and O–H groups in total. The summed E-state index contributed by atoms with van der Waals surface area (Å²) in [6.07, 6.45) is 4.31. The molecule has 0 unspecified atom stereocenters. The molecular formula is C8H19NOSi. The first kappa shape index (κ1) is 10.9. The Bertz CT molecular complexity index is 119. The summed E-state index contributed by atoms with van der Waals surface area (Å²) in [6, 6.07) is 0. The molecule has 0 spiro atoms. The van der Waals surface area contributed by atoms with Crippen molar-refractivity contribution in [3.8, 4) is 0 Å². The van der Waals surface area contributed by atoms with E-state index in [0.717, 1.165) is 10.5 Å².